The van der Waals surface area contributed by atoms with E-state index in [1.807, 2.05) is 73.6 Å². The van der Waals surface area contributed by atoms with Gasteiger partial charge in [-0.3, -0.25) is 0 Å². The third-order valence-corrected chi connectivity index (χ3v) is 3.21. The summed E-state index contributed by atoms with van der Waals surface area (Å²) in [5.41, 5.74) is 2.41. The average molecular weight is 311 g/mol. The molecule has 0 aliphatic rings. The van der Waals surface area contributed by atoms with Crippen LogP contribution in [0, 0.1) is 0 Å². The summed E-state index contributed by atoms with van der Waals surface area (Å²) in [5, 5.41) is 0. The summed E-state index contributed by atoms with van der Waals surface area (Å²) in [6.45, 7) is 0.511. The van der Waals surface area contributed by atoms with Crippen molar-refractivity contribution in [2.24, 2.45) is 0 Å². The molecule has 23 heavy (non-hydrogen) atoms. The minimum absolute atomic E-state index is 0.364. The third-order valence-electron chi connectivity index (χ3n) is 3.21. The Morgan fingerprint density at radius 2 is 1.70 bits per heavy atom. The van der Waals surface area contributed by atoms with Crippen LogP contribution in [-0.4, -0.2) is 32.1 Å². The van der Waals surface area contributed by atoms with Crippen LogP contribution in [0.1, 0.15) is 11.1 Å². The van der Waals surface area contributed by atoms with E-state index in [0.29, 0.717) is 12.2 Å². The van der Waals surface area contributed by atoms with Crippen LogP contribution < -0.4 is 4.74 Å². The molecule has 0 atom stereocenters. The van der Waals surface area contributed by atoms with E-state index in [-0.39, 0.29) is 5.97 Å². The molecule has 0 aliphatic carbocycles. The smallest absolute Gasteiger partial charge is 0.339 e. The summed E-state index contributed by atoms with van der Waals surface area (Å²) in [6, 6.07) is 17.4. The van der Waals surface area contributed by atoms with Crippen LogP contribution in [0.25, 0.3) is 5.57 Å². The second-order valence-electron chi connectivity index (χ2n) is 5.30. The number of methoxy groups -OCH3 is 1. The second kappa shape index (κ2) is 8.03. The summed E-state index contributed by atoms with van der Waals surface area (Å²) in [5.74, 6) is 0.392. The summed E-state index contributed by atoms with van der Waals surface area (Å²) in [7, 11) is 5.10. The molecule has 0 bridgehead atoms. The second-order valence-corrected chi connectivity index (χ2v) is 5.30. The first-order chi connectivity index (χ1) is 11.1. The first kappa shape index (κ1) is 16.6. The number of hydrogen-bond donors (Lipinski definition) is 0. The van der Waals surface area contributed by atoms with Crippen LogP contribution in [0.2, 0.25) is 0 Å². The van der Waals surface area contributed by atoms with Crippen molar-refractivity contribution in [3.05, 3.63) is 71.9 Å². The molecule has 0 spiro atoms. The van der Waals surface area contributed by atoms with Gasteiger partial charge in [-0.2, -0.15) is 0 Å². The van der Waals surface area contributed by atoms with Gasteiger partial charge in [0.15, 0.2) is 0 Å². The lowest BCUT2D eigenvalue weighted by Crippen LogP contribution is -2.10. The molecule has 0 aromatic heterocycles. The van der Waals surface area contributed by atoms with Crippen molar-refractivity contribution >= 4 is 11.5 Å². The zero-order valence-corrected chi connectivity index (χ0v) is 13.7. The Morgan fingerprint density at radius 3 is 2.26 bits per heavy atom. The van der Waals surface area contributed by atoms with Gasteiger partial charge in [0.25, 0.3) is 0 Å². The zero-order valence-electron chi connectivity index (χ0n) is 13.7. The lowest BCUT2D eigenvalue weighted by atomic mass is 10.1. The van der Waals surface area contributed by atoms with E-state index < -0.39 is 0 Å². The maximum Gasteiger partial charge on any atom is 0.339 e. The minimum Gasteiger partial charge on any atom is -0.489 e. The lowest BCUT2D eigenvalue weighted by molar-refractivity contribution is -0.133. The number of benzene rings is 2. The summed E-state index contributed by atoms with van der Waals surface area (Å²) in [6.07, 6.45) is 1.74. The maximum absolute atomic E-state index is 11.9. The Morgan fingerprint density at radius 1 is 1.04 bits per heavy atom. The number of nitrogens with zero attached hydrogens (tertiary/aromatic N) is 1. The Kier molecular flexibility index (Phi) is 5.80. The number of hydrogen-bond acceptors (Lipinski definition) is 4. The number of carbonyl (C=O) groups is 1. The van der Waals surface area contributed by atoms with E-state index in [1.54, 1.807) is 6.20 Å². The molecule has 2 rings (SSSR count). The molecule has 120 valence electrons. The van der Waals surface area contributed by atoms with Gasteiger partial charge in [0, 0.05) is 20.3 Å². The van der Waals surface area contributed by atoms with Crippen molar-refractivity contribution in [3.63, 3.8) is 0 Å². The lowest BCUT2D eigenvalue weighted by Gasteiger charge is -2.12. The molecular weight excluding hydrogens is 290 g/mol. The van der Waals surface area contributed by atoms with E-state index >= 15 is 0 Å². The zero-order chi connectivity index (χ0) is 16.7. The van der Waals surface area contributed by atoms with Crippen molar-refractivity contribution in [3.8, 4) is 5.75 Å². The highest BCUT2D eigenvalue weighted by atomic mass is 16.5. The first-order valence-electron chi connectivity index (χ1n) is 7.34. The molecule has 0 N–H and O–H groups in total. The molecule has 4 nitrogen and oxygen atoms in total. The summed E-state index contributed by atoms with van der Waals surface area (Å²) in [4.78, 5) is 13.7. The largest absolute Gasteiger partial charge is 0.489 e. The predicted octanol–water partition coefficient (Wildman–Crippen LogP) is 3.34. The van der Waals surface area contributed by atoms with Crippen molar-refractivity contribution in [2.75, 3.05) is 21.2 Å². The van der Waals surface area contributed by atoms with Crippen LogP contribution >= 0.6 is 0 Å². The van der Waals surface area contributed by atoms with Crippen molar-refractivity contribution in [2.45, 2.75) is 6.61 Å². The minimum atomic E-state index is -0.364. The Labute approximate surface area is 137 Å². The van der Waals surface area contributed by atoms with Crippen molar-refractivity contribution < 1.29 is 14.3 Å². The fraction of sp³-hybridized carbons (Fsp3) is 0.211. The van der Waals surface area contributed by atoms with E-state index in [2.05, 4.69) is 0 Å². The van der Waals surface area contributed by atoms with Gasteiger partial charge in [-0.05, 0) is 23.3 Å². The van der Waals surface area contributed by atoms with E-state index in [4.69, 9.17) is 9.47 Å². The molecule has 0 fully saturated rings. The monoisotopic (exact) mass is 311 g/mol. The van der Waals surface area contributed by atoms with E-state index in [9.17, 15) is 4.79 Å². The molecule has 0 heterocycles. The van der Waals surface area contributed by atoms with Gasteiger partial charge in [-0.15, -0.1) is 0 Å². The van der Waals surface area contributed by atoms with Gasteiger partial charge in [-0.1, -0.05) is 42.5 Å². The molecule has 0 aliphatic heterocycles. The fourth-order valence-corrected chi connectivity index (χ4v) is 2.08. The molecule has 0 radical (unpaired) electrons. The molecule has 2 aromatic rings. The van der Waals surface area contributed by atoms with Gasteiger partial charge >= 0.3 is 5.97 Å². The van der Waals surface area contributed by atoms with Crippen LogP contribution in [-0.2, 0) is 16.1 Å². The number of carbonyl (C=O) groups excluding carboxylic acids is 1. The topological polar surface area (TPSA) is 38.8 Å². The number of ether oxygens (including phenoxy) is 2. The summed E-state index contributed by atoms with van der Waals surface area (Å²) < 4.78 is 10.6. The SMILES string of the molecule is COC(=O)/C(=C/N(C)C)c1ccc(OCc2ccccc2)cc1. The fourth-order valence-electron chi connectivity index (χ4n) is 2.08. The third kappa shape index (κ3) is 4.88. The molecule has 0 saturated carbocycles. The predicted molar refractivity (Wildman–Crippen MR) is 90.9 cm³/mol. The van der Waals surface area contributed by atoms with Gasteiger partial charge in [0.1, 0.15) is 12.4 Å². The average Bonchev–Trinajstić information content (AvgIpc) is 2.58. The molecular formula is C19H21NO3. The highest BCUT2D eigenvalue weighted by Crippen LogP contribution is 2.21. The molecule has 0 amide bonds. The van der Waals surface area contributed by atoms with E-state index in [0.717, 1.165) is 16.9 Å². The van der Waals surface area contributed by atoms with Crippen LogP contribution in [0.4, 0.5) is 0 Å². The Bertz CT molecular complexity index is 661. The van der Waals surface area contributed by atoms with Crippen LogP contribution in [0.5, 0.6) is 5.75 Å². The van der Waals surface area contributed by atoms with Gasteiger partial charge in [-0.25, -0.2) is 4.79 Å². The van der Waals surface area contributed by atoms with Gasteiger partial charge in [0.2, 0.25) is 0 Å². The van der Waals surface area contributed by atoms with E-state index in [1.165, 1.54) is 7.11 Å². The van der Waals surface area contributed by atoms with Crippen LogP contribution in [0.3, 0.4) is 0 Å². The first-order valence-corrected chi connectivity index (χ1v) is 7.34. The van der Waals surface area contributed by atoms with Crippen molar-refractivity contribution in [1.29, 1.82) is 0 Å². The van der Waals surface area contributed by atoms with Gasteiger partial charge < -0.3 is 14.4 Å². The van der Waals surface area contributed by atoms with Crippen LogP contribution in [0.15, 0.2) is 60.8 Å². The Balaban J connectivity index is 2.10. The molecule has 4 heteroatoms. The summed E-state index contributed by atoms with van der Waals surface area (Å²) >= 11 is 0. The number of rotatable bonds is 6. The quantitative estimate of drug-likeness (QED) is 0.606. The highest BCUT2D eigenvalue weighted by Gasteiger charge is 2.13. The normalized spacial score (nSPS) is 11.0. The highest BCUT2D eigenvalue weighted by molar-refractivity contribution is 6.16. The van der Waals surface area contributed by atoms with Gasteiger partial charge in [0.05, 0.1) is 12.7 Å². The molecule has 2 aromatic carbocycles. The van der Waals surface area contributed by atoms with Crippen molar-refractivity contribution in [1.82, 2.24) is 4.90 Å². The standard InChI is InChI=1S/C19H21NO3/c1-20(2)13-18(19(21)22-3)16-9-11-17(12-10-16)23-14-15-7-5-4-6-8-15/h4-13H,14H2,1-3H3/b18-13+. The number of esters is 1. The maximum atomic E-state index is 11.9. The molecule has 0 unspecified atom stereocenters. The molecule has 0 saturated heterocycles. The Hall–Kier alpha value is -2.75.